The predicted molar refractivity (Wildman–Crippen MR) is 77.1 cm³/mol. The highest BCUT2D eigenvalue weighted by Gasteiger charge is 2.76. The summed E-state index contributed by atoms with van der Waals surface area (Å²) in [5.74, 6) is 0.221. The lowest BCUT2D eigenvalue weighted by molar-refractivity contribution is -0.476. The molecule has 0 N–H and O–H groups in total. The first-order chi connectivity index (χ1) is 13.4. The third kappa shape index (κ3) is 5.05. The molecule has 0 aliphatic carbocycles. The van der Waals surface area contributed by atoms with Gasteiger partial charge in [-0.3, -0.25) is 4.28 Å². The number of hydrogen-bond acceptors (Lipinski definition) is 7. The lowest BCUT2D eigenvalue weighted by Crippen LogP contribution is -2.55. The molecule has 1 aromatic rings. The molecule has 0 heterocycles. The van der Waals surface area contributed by atoms with E-state index in [-0.39, 0.29) is 11.3 Å². The normalized spacial score (nSPS) is 14.2. The van der Waals surface area contributed by atoms with Gasteiger partial charge in [0, 0.05) is 5.56 Å². The van der Waals surface area contributed by atoms with Gasteiger partial charge in [0.1, 0.15) is 11.8 Å². The van der Waals surface area contributed by atoms with Gasteiger partial charge in [-0.2, -0.15) is 53.2 Å². The molecule has 0 fully saturated rings. The molecule has 0 aliphatic rings. The van der Waals surface area contributed by atoms with Crippen LogP contribution in [0.5, 0.6) is 5.75 Å². The van der Waals surface area contributed by atoms with Crippen LogP contribution in [0, 0.1) is 11.3 Å². The fourth-order valence-corrected chi connectivity index (χ4v) is 2.04. The SMILES string of the molecule is COc1ccc(/C(C#N)=N/OS(=O)(=O)C(F)(F)C(F)(F)OC(F)(F)C(F)(F)F)cc1. The van der Waals surface area contributed by atoms with Crippen molar-refractivity contribution >= 4 is 15.8 Å². The van der Waals surface area contributed by atoms with Crippen molar-refractivity contribution in [1.82, 2.24) is 0 Å². The summed E-state index contributed by atoms with van der Waals surface area (Å²) in [7, 11) is -5.79. The highest BCUT2D eigenvalue weighted by atomic mass is 32.2. The molecule has 1 rings (SSSR count). The maximum Gasteiger partial charge on any atom is 0.483 e. The summed E-state index contributed by atoms with van der Waals surface area (Å²) >= 11 is 0. The van der Waals surface area contributed by atoms with Crippen LogP contribution < -0.4 is 4.74 Å². The van der Waals surface area contributed by atoms with Crippen LogP contribution in [0.1, 0.15) is 5.56 Å². The Labute approximate surface area is 161 Å². The van der Waals surface area contributed by atoms with Gasteiger partial charge in [-0.25, -0.2) is 4.74 Å². The lowest BCUT2D eigenvalue weighted by Gasteiger charge is -2.28. The van der Waals surface area contributed by atoms with Crippen molar-refractivity contribution in [1.29, 1.82) is 5.26 Å². The summed E-state index contributed by atoms with van der Waals surface area (Å²) in [6.07, 6.45) is -20.6. The van der Waals surface area contributed by atoms with Gasteiger partial charge in [0.2, 0.25) is 0 Å². The number of nitriles is 1. The Balaban J connectivity index is 3.21. The topological polar surface area (TPSA) is 98.0 Å². The van der Waals surface area contributed by atoms with E-state index in [4.69, 9.17) is 10.00 Å². The van der Waals surface area contributed by atoms with Crippen molar-refractivity contribution in [2.75, 3.05) is 7.11 Å². The monoisotopic (exact) mass is 474 g/mol. The molecule has 168 valence electrons. The molecule has 0 aliphatic heterocycles. The first kappa shape index (κ1) is 25.3. The molecule has 30 heavy (non-hydrogen) atoms. The van der Waals surface area contributed by atoms with E-state index in [0.717, 1.165) is 18.2 Å². The number of oxime groups is 1. The Kier molecular flexibility index (Phi) is 6.90. The van der Waals surface area contributed by atoms with Crippen LogP contribution in [0.15, 0.2) is 29.4 Å². The van der Waals surface area contributed by atoms with Gasteiger partial charge in [0.05, 0.1) is 7.11 Å². The molecule has 0 amide bonds. The third-order valence-corrected chi connectivity index (χ3v) is 4.07. The summed E-state index contributed by atoms with van der Waals surface area (Å²) in [4.78, 5) is 0. The van der Waals surface area contributed by atoms with Crippen LogP contribution >= 0.6 is 0 Å². The van der Waals surface area contributed by atoms with Crippen LogP contribution in [-0.4, -0.2) is 44.9 Å². The second-order valence-electron chi connectivity index (χ2n) is 4.96. The molecule has 7 nitrogen and oxygen atoms in total. The van der Waals surface area contributed by atoms with Gasteiger partial charge >= 0.3 is 33.8 Å². The molecule has 0 radical (unpaired) electrons. The Morgan fingerprint density at radius 2 is 1.47 bits per heavy atom. The molecule has 1 aromatic carbocycles. The third-order valence-electron chi connectivity index (χ3n) is 2.94. The Bertz CT molecular complexity index is 937. The number of alkyl halides is 9. The van der Waals surface area contributed by atoms with Crippen molar-refractivity contribution in [2.45, 2.75) is 23.6 Å². The quantitative estimate of drug-likeness (QED) is 0.324. The number of methoxy groups -OCH3 is 1. The molecule has 17 heteroatoms. The largest absolute Gasteiger partial charge is 0.497 e. The Morgan fingerprint density at radius 1 is 0.967 bits per heavy atom. The lowest BCUT2D eigenvalue weighted by atomic mass is 10.1. The average molecular weight is 474 g/mol. The summed E-state index contributed by atoms with van der Waals surface area (Å²) in [6.45, 7) is 0. The highest BCUT2D eigenvalue weighted by Crippen LogP contribution is 2.47. The molecule has 0 saturated heterocycles. The predicted octanol–water partition coefficient (Wildman–Crippen LogP) is 3.63. The highest BCUT2D eigenvalue weighted by molar-refractivity contribution is 7.87. The number of benzene rings is 1. The van der Waals surface area contributed by atoms with Gasteiger partial charge in [-0.1, -0.05) is 5.16 Å². The van der Waals surface area contributed by atoms with Crippen molar-refractivity contribution in [2.24, 2.45) is 5.16 Å². The van der Waals surface area contributed by atoms with Crippen LogP contribution in [0.4, 0.5) is 39.5 Å². The standard InChI is InChI=1S/C13H7F9N2O5S/c1-27-8-4-2-7(3-5-8)9(6-23)24-29-30(25,26)13(21,22)12(19,20)28-11(17,18)10(14,15)16/h2-5H,1H3/b24-9+. The van der Waals surface area contributed by atoms with E-state index in [9.17, 15) is 47.9 Å². The zero-order chi connectivity index (χ0) is 23.6. The van der Waals surface area contributed by atoms with Crippen LogP contribution in [-0.2, 0) is 19.1 Å². The molecule has 0 bridgehead atoms. The van der Waals surface area contributed by atoms with E-state index in [0.29, 0.717) is 0 Å². The summed E-state index contributed by atoms with van der Waals surface area (Å²) in [5, 5.41) is 4.47. The molecule has 0 atom stereocenters. The van der Waals surface area contributed by atoms with Crippen molar-refractivity contribution in [3.05, 3.63) is 29.8 Å². The number of rotatable bonds is 8. The number of ether oxygens (including phenoxy) is 2. The average Bonchev–Trinajstić information content (AvgIpc) is 2.60. The smallest absolute Gasteiger partial charge is 0.483 e. The zero-order valence-electron chi connectivity index (χ0n) is 14.1. The van der Waals surface area contributed by atoms with Crippen LogP contribution in [0.2, 0.25) is 0 Å². The van der Waals surface area contributed by atoms with Gasteiger partial charge in [0.15, 0.2) is 5.71 Å². The Hall–Kier alpha value is -2.74. The fraction of sp³-hybridized carbons (Fsp3) is 0.385. The van der Waals surface area contributed by atoms with Gasteiger partial charge in [-0.05, 0) is 24.3 Å². The molecule has 0 saturated carbocycles. The van der Waals surface area contributed by atoms with E-state index in [1.54, 1.807) is 4.74 Å². The first-order valence-corrected chi connectivity index (χ1v) is 8.28. The fourth-order valence-electron chi connectivity index (χ4n) is 1.44. The van der Waals surface area contributed by atoms with E-state index >= 15 is 0 Å². The number of halogens is 9. The van der Waals surface area contributed by atoms with Crippen LogP contribution in [0.25, 0.3) is 0 Å². The second kappa shape index (κ2) is 8.18. The van der Waals surface area contributed by atoms with Gasteiger partial charge in [0.25, 0.3) is 0 Å². The zero-order valence-corrected chi connectivity index (χ0v) is 14.9. The van der Waals surface area contributed by atoms with E-state index in [1.807, 2.05) is 0 Å². The number of hydrogen-bond donors (Lipinski definition) is 0. The van der Waals surface area contributed by atoms with Crippen molar-refractivity contribution in [3.8, 4) is 11.8 Å². The van der Waals surface area contributed by atoms with Gasteiger partial charge in [-0.15, -0.1) is 0 Å². The minimum absolute atomic E-state index is 0.221. The van der Waals surface area contributed by atoms with E-state index in [2.05, 4.69) is 9.44 Å². The minimum Gasteiger partial charge on any atom is -0.497 e. The molecule has 0 aromatic heterocycles. The first-order valence-electron chi connectivity index (χ1n) is 6.88. The second-order valence-corrected chi connectivity index (χ2v) is 6.53. The Morgan fingerprint density at radius 3 is 1.87 bits per heavy atom. The van der Waals surface area contributed by atoms with E-state index < -0.39 is 39.5 Å². The maximum absolute atomic E-state index is 13.5. The molecule has 0 unspecified atom stereocenters. The van der Waals surface area contributed by atoms with Crippen molar-refractivity contribution < 1.29 is 61.7 Å². The molecular weight excluding hydrogens is 467 g/mol. The molecule has 0 spiro atoms. The summed E-state index contributed by atoms with van der Waals surface area (Å²) in [6, 6.07) is 5.61. The van der Waals surface area contributed by atoms with Gasteiger partial charge < -0.3 is 4.74 Å². The molecular formula is C13H7F9N2O5S. The van der Waals surface area contributed by atoms with Crippen molar-refractivity contribution in [3.63, 3.8) is 0 Å². The summed E-state index contributed by atoms with van der Waals surface area (Å²) in [5.41, 5.74) is -1.36. The van der Waals surface area contributed by atoms with Crippen LogP contribution in [0.3, 0.4) is 0 Å². The maximum atomic E-state index is 13.5. The van der Waals surface area contributed by atoms with E-state index in [1.165, 1.54) is 19.2 Å². The summed E-state index contributed by atoms with van der Waals surface area (Å²) < 4.78 is 146. The minimum atomic E-state index is -7.03. The number of nitrogens with zero attached hydrogens (tertiary/aromatic N) is 2.